The van der Waals surface area contributed by atoms with E-state index in [9.17, 15) is 9.90 Å². The quantitative estimate of drug-likeness (QED) is 0.899. The zero-order valence-electron chi connectivity index (χ0n) is 12.5. The molecule has 1 aliphatic heterocycles. The fourth-order valence-corrected chi connectivity index (χ4v) is 2.21. The smallest absolute Gasteiger partial charge is 0.335 e. The molecule has 1 aromatic heterocycles. The van der Waals surface area contributed by atoms with Crippen molar-refractivity contribution in [3.63, 3.8) is 0 Å². The number of hydrogen-bond acceptors (Lipinski definition) is 4. The molecule has 20 heavy (non-hydrogen) atoms. The van der Waals surface area contributed by atoms with Gasteiger partial charge in [0.1, 0.15) is 5.82 Å². The van der Waals surface area contributed by atoms with Crippen molar-refractivity contribution < 1.29 is 14.6 Å². The van der Waals surface area contributed by atoms with Gasteiger partial charge in [0.15, 0.2) is 0 Å². The summed E-state index contributed by atoms with van der Waals surface area (Å²) in [5.74, 6) is -0.189. The number of nitrogens with zero attached hydrogens (tertiary/aromatic N) is 2. The molecule has 1 aliphatic rings. The number of carbonyl (C=O) groups is 1. The number of rotatable bonds is 2. The molecular weight excluding hydrogens is 256 g/mol. The van der Waals surface area contributed by atoms with Crippen LogP contribution in [0.4, 0.5) is 5.82 Å². The minimum absolute atomic E-state index is 0.136. The highest BCUT2D eigenvalue weighted by atomic mass is 16.5. The number of pyridine rings is 1. The molecule has 0 bridgehead atoms. The summed E-state index contributed by atoms with van der Waals surface area (Å²) in [6.45, 7) is 10.2. The molecule has 2 rings (SSSR count). The van der Waals surface area contributed by atoms with E-state index in [4.69, 9.17) is 4.74 Å². The summed E-state index contributed by atoms with van der Waals surface area (Å²) in [6.07, 6.45) is 0.136. The average molecular weight is 278 g/mol. The van der Waals surface area contributed by atoms with Crippen molar-refractivity contribution in [3.8, 4) is 0 Å². The van der Waals surface area contributed by atoms with E-state index in [2.05, 4.69) is 9.88 Å². The van der Waals surface area contributed by atoms with Crippen LogP contribution < -0.4 is 4.90 Å². The molecule has 0 spiro atoms. The molecule has 5 heteroatoms. The fourth-order valence-electron chi connectivity index (χ4n) is 2.21. The molecule has 0 aromatic carbocycles. The van der Waals surface area contributed by atoms with Gasteiger partial charge in [-0.3, -0.25) is 0 Å². The summed E-state index contributed by atoms with van der Waals surface area (Å²) in [5.41, 5.74) is 0.906. The van der Waals surface area contributed by atoms with Crippen molar-refractivity contribution in [1.29, 1.82) is 0 Å². The Balaban J connectivity index is 2.41. The summed E-state index contributed by atoms with van der Waals surface area (Å²) in [4.78, 5) is 18.1. The molecule has 0 aliphatic carbocycles. The Labute approximate surface area is 119 Å². The van der Waals surface area contributed by atoms with Crippen LogP contribution in [0.15, 0.2) is 12.1 Å². The van der Waals surface area contributed by atoms with E-state index < -0.39 is 5.97 Å². The number of hydrogen-bond donors (Lipinski definition) is 1. The second-order valence-electron chi connectivity index (χ2n) is 6.28. The lowest BCUT2D eigenvalue weighted by Gasteiger charge is -2.33. The first-order chi connectivity index (χ1) is 9.27. The number of morpholine rings is 1. The lowest BCUT2D eigenvalue weighted by molar-refractivity contribution is 0.0529. The Morgan fingerprint density at radius 2 is 2.15 bits per heavy atom. The third-order valence-corrected chi connectivity index (χ3v) is 3.39. The minimum atomic E-state index is -0.916. The molecule has 0 radical (unpaired) electrons. The molecular formula is C15H22N2O3. The van der Waals surface area contributed by atoms with Gasteiger partial charge in [-0.25, -0.2) is 9.78 Å². The predicted octanol–water partition coefficient (Wildman–Crippen LogP) is 2.30. The zero-order chi connectivity index (χ0) is 14.9. The van der Waals surface area contributed by atoms with Crippen molar-refractivity contribution in [1.82, 2.24) is 4.98 Å². The van der Waals surface area contributed by atoms with Gasteiger partial charge in [0.05, 0.1) is 18.3 Å². The molecule has 1 atom stereocenters. The summed E-state index contributed by atoms with van der Waals surface area (Å²) >= 11 is 0. The monoisotopic (exact) mass is 278 g/mol. The van der Waals surface area contributed by atoms with E-state index in [1.165, 1.54) is 0 Å². The first-order valence-electron chi connectivity index (χ1n) is 6.90. The number of aromatic carboxylic acids is 1. The Hall–Kier alpha value is -1.62. The molecule has 1 unspecified atom stereocenters. The van der Waals surface area contributed by atoms with Crippen LogP contribution in [0.3, 0.4) is 0 Å². The Morgan fingerprint density at radius 1 is 1.45 bits per heavy atom. The largest absolute Gasteiger partial charge is 0.478 e. The SMILES string of the molecule is CC1CN(c2cc(C(=O)O)cc(C(C)(C)C)n2)CCO1. The minimum Gasteiger partial charge on any atom is -0.478 e. The molecule has 2 heterocycles. The highest BCUT2D eigenvalue weighted by Crippen LogP contribution is 2.25. The normalized spacial score (nSPS) is 20.0. The maximum absolute atomic E-state index is 11.3. The summed E-state index contributed by atoms with van der Waals surface area (Å²) in [6, 6.07) is 3.31. The van der Waals surface area contributed by atoms with Crippen LogP contribution in [0.25, 0.3) is 0 Å². The van der Waals surface area contributed by atoms with Crippen molar-refractivity contribution in [3.05, 3.63) is 23.4 Å². The Kier molecular flexibility index (Phi) is 3.99. The lowest BCUT2D eigenvalue weighted by Crippen LogP contribution is -2.41. The van der Waals surface area contributed by atoms with Crippen molar-refractivity contribution in [2.75, 3.05) is 24.6 Å². The van der Waals surface area contributed by atoms with Gasteiger partial charge in [0, 0.05) is 24.2 Å². The summed E-state index contributed by atoms with van der Waals surface area (Å²) < 4.78 is 5.52. The van der Waals surface area contributed by atoms with Gasteiger partial charge in [-0.05, 0) is 19.1 Å². The molecule has 5 nitrogen and oxygen atoms in total. The maximum atomic E-state index is 11.3. The van der Waals surface area contributed by atoms with Crippen molar-refractivity contribution in [2.24, 2.45) is 0 Å². The first-order valence-corrected chi connectivity index (χ1v) is 6.90. The third kappa shape index (κ3) is 3.28. The molecule has 0 amide bonds. The zero-order valence-corrected chi connectivity index (χ0v) is 12.5. The molecule has 1 N–H and O–H groups in total. The molecule has 1 fully saturated rings. The predicted molar refractivity (Wildman–Crippen MR) is 77.5 cm³/mol. The van der Waals surface area contributed by atoms with Crippen LogP contribution in [0.1, 0.15) is 43.7 Å². The van der Waals surface area contributed by atoms with Gasteiger partial charge in [-0.1, -0.05) is 20.8 Å². The molecule has 1 saturated heterocycles. The van der Waals surface area contributed by atoms with E-state index in [0.717, 1.165) is 24.6 Å². The van der Waals surface area contributed by atoms with Gasteiger partial charge < -0.3 is 14.7 Å². The van der Waals surface area contributed by atoms with Crippen LogP contribution in [0, 0.1) is 0 Å². The molecule has 110 valence electrons. The van der Waals surface area contributed by atoms with Gasteiger partial charge in [-0.15, -0.1) is 0 Å². The summed E-state index contributed by atoms with van der Waals surface area (Å²) in [5, 5.41) is 9.28. The van der Waals surface area contributed by atoms with E-state index in [1.807, 2.05) is 27.7 Å². The van der Waals surface area contributed by atoms with Gasteiger partial charge >= 0.3 is 5.97 Å². The molecule has 1 aromatic rings. The average Bonchev–Trinajstić information content (AvgIpc) is 2.37. The van der Waals surface area contributed by atoms with Crippen molar-refractivity contribution >= 4 is 11.8 Å². The van der Waals surface area contributed by atoms with Crippen LogP contribution in [-0.2, 0) is 10.2 Å². The summed E-state index contributed by atoms with van der Waals surface area (Å²) in [7, 11) is 0. The lowest BCUT2D eigenvalue weighted by atomic mass is 9.90. The molecule has 0 saturated carbocycles. The Morgan fingerprint density at radius 3 is 2.70 bits per heavy atom. The highest BCUT2D eigenvalue weighted by Gasteiger charge is 2.23. The van der Waals surface area contributed by atoms with E-state index in [0.29, 0.717) is 12.2 Å². The van der Waals surface area contributed by atoms with Crippen LogP contribution in [-0.4, -0.2) is 41.9 Å². The second-order valence-corrected chi connectivity index (χ2v) is 6.28. The van der Waals surface area contributed by atoms with Gasteiger partial charge in [0.2, 0.25) is 0 Å². The van der Waals surface area contributed by atoms with E-state index in [-0.39, 0.29) is 11.5 Å². The standard InChI is InChI=1S/C15H22N2O3/c1-10-9-17(5-6-20-10)13-8-11(14(18)19)7-12(16-13)15(2,3)4/h7-8,10H,5-6,9H2,1-4H3,(H,18,19). The third-order valence-electron chi connectivity index (χ3n) is 3.39. The van der Waals surface area contributed by atoms with E-state index >= 15 is 0 Å². The number of carboxylic acids is 1. The number of anilines is 1. The highest BCUT2D eigenvalue weighted by molar-refractivity contribution is 5.88. The van der Waals surface area contributed by atoms with Gasteiger partial charge in [-0.2, -0.15) is 0 Å². The number of aromatic nitrogens is 1. The van der Waals surface area contributed by atoms with E-state index in [1.54, 1.807) is 12.1 Å². The van der Waals surface area contributed by atoms with Crippen molar-refractivity contribution in [2.45, 2.75) is 39.2 Å². The van der Waals surface area contributed by atoms with Gasteiger partial charge in [0.25, 0.3) is 0 Å². The van der Waals surface area contributed by atoms with Crippen LogP contribution >= 0.6 is 0 Å². The second kappa shape index (κ2) is 5.40. The fraction of sp³-hybridized carbons (Fsp3) is 0.600. The number of carboxylic acid groups (broad SMARTS) is 1. The Bertz CT molecular complexity index is 508. The first kappa shape index (κ1) is 14.8. The maximum Gasteiger partial charge on any atom is 0.335 e. The van der Waals surface area contributed by atoms with Crippen LogP contribution in [0.5, 0.6) is 0 Å². The van der Waals surface area contributed by atoms with Crippen LogP contribution in [0.2, 0.25) is 0 Å². The number of ether oxygens (including phenoxy) is 1. The topological polar surface area (TPSA) is 62.7 Å².